The molecule has 2 aromatic heterocycles. The third-order valence-corrected chi connectivity index (χ3v) is 6.84. The highest BCUT2D eigenvalue weighted by atomic mass is 32.2. The second kappa shape index (κ2) is 8.02. The van der Waals surface area contributed by atoms with Crippen LogP contribution >= 0.6 is 23.1 Å². The van der Waals surface area contributed by atoms with Crippen LogP contribution in [0.1, 0.15) is 48.8 Å². The first kappa shape index (κ1) is 18.5. The molecule has 1 aliphatic carbocycles. The summed E-state index contributed by atoms with van der Waals surface area (Å²) in [6.45, 7) is 0.603. The van der Waals surface area contributed by atoms with Crippen molar-refractivity contribution in [1.29, 1.82) is 0 Å². The molecular formula is C18H23N5O2S2. The number of amides is 2. The Morgan fingerprint density at radius 1 is 1.26 bits per heavy atom. The number of likely N-dealkylation sites (tertiary alicyclic amines) is 1. The fourth-order valence-electron chi connectivity index (χ4n) is 3.53. The van der Waals surface area contributed by atoms with Gasteiger partial charge in [-0.15, -0.1) is 21.5 Å². The topological polar surface area (TPSA) is 94.1 Å². The summed E-state index contributed by atoms with van der Waals surface area (Å²) in [5.41, 5.74) is 5.48. The van der Waals surface area contributed by atoms with Crippen LogP contribution in [0.5, 0.6) is 0 Å². The molecule has 0 spiro atoms. The fourth-order valence-corrected chi connectivity index (χ4v) is 5.14. The first-order valence-electron chi connectivity index (χ1n) is 9.31. The maximum atomic E-state index is 12.7. The van der Waals surface area contributed by atoms with Gasteiger partial charge in [-0.05, 0) is 43.6 Å². The highest BCUT2D eigenvalue weighted by molar-refractivity contribution is 7.99. The molecule has 3 heterocycles. The Balaban J connectivity index is 1.44. The first-order valence-corrected chi connectivity index (χ1v) is 11.2. The summed E-state index contributed by atoms with van der Waals surface area (Å²) in [6.07, 6.45) is 5.55. The van der Waals surface area contributed by atoms with Crippen LogP contribution in [-0.2, 0) is 16.0 Å². The maximum absolute atomic E-state index is 12.7. The number of piperidine rings is 1. The zero-order chi connectivity index (χ0) is 18.8. The Kier molecular flexibility index (Phi) is 5.49. The van der Waals surface area contributed by atoms with E-state index >= 15 is 0 Å². The minimum Gasteiger partial charge on any atom is -0.368 e. The number of primary amides is 1. The van der Waals surface area contributed by atoms with Crippen molar-refractivity contribution in [1.82, 2.24) is 19.7 Å². The number of hydrogen-bond donors (Lipinski definition) is 1. The van der Waals surface area contributed by atoms with E-state index in [2.05, 4.69) is 26.2 Å². The lowest BCUT2D eigenvalue weighted by Gasteiger charge is -2.33. The highest BCUT2D eigenvalue weighted by Gasteiger charge is 2.32. The normalized spacial score (nSPS) is 20.0. The number of carbonyl (C=O) groups is 2. The Hall–Kier alpha value is -1.87. The van der Waals surface area contributed by atoms with Crippen LogP contribution in [-0.4, -0.2) is 49.8 Å². The predicted molar refractivity (Wildman–Crippen MR) is 105 cm³/mol. The van der Waals surface area contributed by atoms with E-state index in [-0.39, 0.29) is 11.7 Å². The molecule has 9 heteroatoms. The van der Waals surface area contributed by atoms with Crippen molar-refractivity contribution < 1.29 is 9.59 Å². The van der Waals surface area contributed by atoms with Crippen molar-refractivity contribution >= 4 is 34.9 Å². The van der Waals surface area contributed by atoms with E-state index < -0.39 is 11.9 Å². The molecule has 4 rings (SSSR count). The number of nitrogens with two attached hydrogens (primary N) is 1. The number of nitrogens with zero attached hydrogens (tertiary/aromatic N) is 4. The van der Waals surface area contributed by atoms with Gasteiger partial charge in [0, 0.05) is 23.9 Å². The number of hydrogen-bond acceptors (Lipinski definition) is 6. The minimum atomic E-state index is -0.470. The van der Waals surface area contributed by atoms with Gasteiger partial charge in [-0.3, -0.25) is 9.59 Å². The van der Waals surface area contributed by atoms with Crippen LogP contribution in [0.3, 0.4) is 0 Å². The number of thioether (sulfide) groups is 1. The molecule has 2 fully saturated rings. The molecule has 2 aromatic rings. The van der Waals surface area contributed by atoms with Gasteiger partial charge >= 0.3 is 0 Å². The molecule has 1 atom stereocenters. The molecule has 7 nitrogen and oxygen atoms in total. The SMILES string of the molecule is NC(=O)[C@@H]1CCCCN1C(=O)CSc1nnc(Cc2cccs2)n1C1CC1. The van der Waals surface area contributed by atoms with Crippen molar-refractivity contribution in [3.63, 3.8) is 0 Å². The Labute approximate surface area is 166 Å². The molecule has 1 aliphatic heterocycles. The third kappa shape index (κ3) is 4.19. The summed E-state index contributed by atoms with van der Waals surface area (Å²) >= 11 is 3.13. The summed E-state index contributed by atoms with van der Waals surface area (Å²) in [6, 6.07) is 4.12. The van der Waals surface area contributed by atoms with E-state index in [1.165, 1.54) is 16.6 Å². The van der Waals surface area contributed by atoms with Gasteiger partial charge in [-0.25, -0.2) is 0 Å². The molecule has 0 unspecified atom stereocenters. The summed E-state index contributed by atoms with van der Waals surface area (Å²) in [4.78, 5) is 27.2. The van der Waals surface area contributed by atoms with Gasteiger partial charge in [0.1, 0.15) is 11.9 Å². The van der Waals surface area contributed by atoms with Gasteiger partial charge in [-0.1, -0.05) is 17.8 Å². The van der Waals surface area contributed by atoms with Crippen LogP contribution in [0.4, 0.5) is 0 Å². The number of aromatic nitrogens is 3. The Morgan fingerprint density at radius 2 is 2.11 bits per heavy atom. The second-order valence-electron chi connectivity index (χ2n) is 7.05. The molecule has 2 aliphatic rings. The lowest BCUT2D eigenvalue weighted by molar-refractivity contribution is -0.138. The molecule has 144 valence electrons. The van der Waals surface area contributed by atoms with Crippen molar-refractivity contribution in [3.8, 4) is 0 Å². The van der Waals surface area contributed by atoms with Crippen LogP contribution < -0.4 is 5.73 Å². The lowest BCUT2D eigenvalue weighted by atomic mass is 10.0. The first-order chi connectivity index (χ1) is 13.1. The van der Waals surface area contributed by atoms with Crippen LogP contribution in [0, 0.1) is 0 Å². The number of carbonyl (C=O) groups excluding carboxylic acids is 2. The van der Waals surface area contributed by atoms with Crippen LogP contribution in [0.25, 0.3) is 0 Å². The van der Waals surface area contributed by atoms with Gasteiger partial charge < -0.3 is 15.2 Å². The molecule has 0 radical (unpaired) electrons. The fraction of sp³-hybridized carbons (Fsp3) is 0.556. The van der Waals surface area contributed by atoms with E-state index in [9.17, 15) is 9.59 Å². The van der Waals surface area contributed by atoms with Crippen LogP contribution in [0.15, 0.2) is 22.7 Å². The monoisotopic (exact) mass is 405 g/mol. The van der Waals surface area contributed by atoms with E-state index in [1.807, 2.05) is 6.07 Å². The smallest absolute Gasteiger partial charge is 0.240 e. The average molecular weight is 406 g/mol. The summed E-state index contributed by atoms with van der Waals surface area (Å²) in [7, 11) is 0. The van der Waals surface area contributed by atoms with Gasteiger partial charge in [-0.2, -0.15) is 0 Å². The van der Waals surface area contributed by atoms with Crippen molar-refractivity contribution in [2.24, 2.45) is 5.73 Å². The molecule has 0 aromatic carbocycles. The van der Waals surface area contributed by atoms with Crippen molar-refractivity contribution in [3.05, 3.63) is 28.2 Å². The maximum Gasteiger partial charge on any atom is 0.240 e. The third-order valence-electron chi connectivity index (χ3n) is 5.04. The van der Waals surface area contributed by atoms with Crippen molar-refractivity contribution in [2.75, 3.05) is 12.3 Å². The molecule has 0 bridgehead atoms. The summed E-state index contributed by atoms with van der Waals surface area (Å²) in [5.74, 6) is 0.761. The average Bonchev–Trinajstić information content (AvgIpc) is 3.22. The number of thiophene rings is 1. The Bertz CT molecular complexity index is 816. The van der Waals surface area contributed by atoms with E-state index in [4.69, 9.17) is 5.73 Å². The molecule has 1 saturated heterocycles. The molecule has 27 heavy (non-hydrogen) atoms. The summed E-state index contributed by atoms with van der Waals surface area (Å²) < 4.78 is 2.19. The highest BCUT2D eigenvalue weighted by Crippen LogP contribution is 2.39. The predicted octanol–water partition coefficient (Wildman–Crippen LogP) is 2.22. The molecule has 1 saturated carbocycles. The quantitative estimate of drug-likeness (QED) is 0.713. The summed E-state index contributed by atoms with van der Waals surface area (Å²) in [5, 5.41) is 11.6. The van der Waals surface area contributed by atoms with Gasteiger partial charge in [0.25, 0.3) is 0 Å². The minimum absolute atomic E-state index is 0.0475. The Morgan fingerprint density at radius 3 is 2.81 bits per heavy atom. The van der Waals surface area contributed by atoms with E-state index in [0.717, 1.165) is 43.1 Å². The van der Waals surface area contributed by atoms with Gasteiger partial charge in [0.15, 0.2) is 5.16 Å². The van der Waals surface area contributed by atoms with E-state index in [0.29, 0.717) is 19.0 Å². The second-order valence-corrected chi connectivity index (χ2v) is 9.02. The van der Waals surface area contributed by atoms with Crippen molar-refractivity contribution in [2.45, 2.75) is 55.8 Å². The van der Waals surface area contributed by atoms with Gasteiger partial charge in [0.2, 0.25) is 11.8 Å². The van der Waals surface area contributed by atoms with Crippen LogP contribution in [0.2, 0.25) is 0 Å². The molecular weight excluding hydrogens is 382 g/mol. The standard InChI is InChI=1S/C18H23N5O2S2/c19-17(25)14-5-1-2-8-22(14)16(24)11-27-18-21-20-15(23(18)12-6-7-12)10-13-4-3-9-26-13/h3-4,9,12,14H,1-2,5-8,10-11H2,(H2,19,25)/t14-/m0/s1. The zero-order valence-electron chi connectivity index (χ0n) is 15.0. The molecule has 2 amide bonds. The molecule has 2 N–H and O–H groups in total. The number of rotatable bonds is 7. The lowest BCUT2D eigenvalue weighted by Crippen LogP contribution is -2.51. The largest absolute Gasteiger partial charge is 0.368 e. The van der Waals surface area contributed by atoms with Gasteiger partial charge in [0.05, 0.1) is 5.75 Å². The van der Waals surface area contributed by atoms with E-state index in [1.54, 1.807) is 16.2 Å². The zero-order valence-corrected chi connectivity index (χ0v) is 16.7.